The van der Waals surface area contributed by atoms with E-state index in [0.717, 1.165) is 18.8 Å². The summed E-state index contributed by atoms with van der Waals surface area (Å²) in [6, 6.07) is 3.71. The van der Waals surface area contributed by atoms with E-state index >= 15 is 0 Å². The molecule has 3 heterocycles. The van der Waals surface area contributed by atoms with Crippen LogP contribution in [0.5, 0.6) is 0 Å². The minimum atomic E-state index is -5.08. The van der Waals surface area contributed by atoms with Crippen molar-refractivity contribution in [1.82, 2.24) is 9.88 Å². The smallest absolute Gasteiger partial charge is 0.481 e. The van der Waals surface area contributed by atoms with Crippen molar-refractivity contribution in [2.75, 3.05) is 31.1 Å². The molecule has 3 rings (SSSR count). The highest BCUT2D eigenvalue weighted by Gasteiger charge is 2.38. The van der Waals surface area contributed by atoms with Crippen LogP contribution in [0.3, 0.4) is 0 Å². The Morgan fingerprint density at radius 2 is 1.64 bits per heavy atom. The largest absolute Gasteiger partial charge is 0.490 e. The molecule has 12 heteroatoms. The Morgan fingerprint density at radius 3 is 2.15 bits per heavy atom. The summed E-state index contributed by atoms with van der Waals surface area (Å²) in [5.41, 5.74) is 1.32. The quantitative estimate of drug-likeness (QED) is 0.684. The van der Waals surface area contributed by atoms with E-state index < -0.39 is 24.0 Å². The molecule has 4 atom stereocenters. The molecular weight excluding hydrogens is 447 g/mol. The fraction of sp³-hybridized carbons (Fsp3) is 0.619. The zero-order valence-electron chi connectivity index (χ0n) is 18.6. The molecule has 2 aliphatic rings. The number of morpholine rings is 1. The summed E-state index contributed by atoms with van der Waals surface area (Å²) >= 11 is 0. The summed E-state index contributed by atoms with van der Waals surface area (Å²) in [5.74, 6) is -4.14. The zero-order valence-corrected chi connectivity index (χ0v) is 18.6. The third-order valence-corrected chi connectivity index (χ3v) is 5.29. The average molecular weight is 475 g/mol. The summed E-state index contributed by atoms with van der Waals surface area (Å²) in [6.45, 7) is 8.41. The Labute approximate surface area is 189 Å². The number of carbonyl (C=O) groups excluding carboxylic acids is 1. The number of anilines is 1. The molecule has 33 heavy (non-hydrogen) atoms. The van der Waals surface area contributed by atoms with Crippen LogP contribution in [0.15, 0.2) is 18.3 Å². The van der Waals surface area contributed by atoms with Crippen LogP contribution in [0.2, 0.25) is 0 Å². The number of aliphatic carboxylic acids is 2. The number of hydrogen-bond donors (Lipinski definition) is 2. The second kappa shape index (κ2) is 10.8. The molecule has 0 saturated carbocycles. The third kappa shape index (κ3) is 7.58. The van der Waals surface area contributed by atoms with Crippen molar-refractivity contribution in [1.29, 1.82) is 0 Å². The van der Waals surface area contributed by atoms with Gasteiger partial charge in [0.1, 0.15) is 5.69 Å². The molecule has 0 aromatic carbocycles. The van der Waals surface area contributed by atoms with E-state index in [2.05, 4.69) is 9.88 Å². The lowest BCUT2D eigenvalue weighted by molar-refractivity contribution is -0.192. The van der Waals surface area contributed by atoms with E-state index in [1.807, 2.05) is 32.9 Å². The van der Waals surface area contributed by atoms with E-state index in [0.29, 0.717) is 18.7 Å². The molecule has 1 aromatic heterocycles. The number of likely N-dealkylation sites (tertiary alicyclic amines) is 1. The second-order valence-electron chi connectivity index (χ2n) is 8.45. The van der Waals surface area contributed by atoms with Crippen LogP contribution in [0, 0.1) is 11.8 Å². The molecule has 184 valence electrons. The normalized spacial score (nSPS) is 25.6. The lowest BCUT2D eigenvalue weighted by Crippen LogP contribution is -2.46. The Kier molecular flexibility index (Phi) is 8.64. The fourth-order valence-corrected chi connectivity index (χ4v) is 3.98. The van der Waals surface area contributed by atoms with Gasteiger partial charge < -0.3 is 24.7 Å². The maximum absolute atomic E-state index is 12.9. The Hall–Kier alpha value is -2.89. The van der Waals surface area contributed by atoms with Gasteiger partial charge in [-0.1, -0.05) is 6.92 Å². The average Bonchev–Trinajstić information content (AvgIpc) is 2.72. The number of carbonyl (C=O) groups is 3. The first-order chi connectivity index (χ1) is 15.3. The Morgan fingerprint density at radius 1 is 1.06 bits per heavy atom. The van der Waals surface area contributed by atoms with E-state index in [1.54, 1.807) is 11.1 Å². The molecular formula is C21H28F3N3O6. The number of nitrogens with zero attached hydrogens (tertiary/aromatic N) is 3. The maximum Gasteiger partial charge on any atom is 0.490 e. The molecule has 0 bridgehead atoms. The molecule has 9 nitrogen and oxygen atoms in total. The minimum absolute atomic E-state index is 0.130. The van der Waals surface area contributed by atoms with Crippen LogP contribution in [-0.2, 0) is 14.3 Å². The third-order valence-electron chi connectivity index (χ3n) is 5.29. The number of piperidine rings is 1. The predicted molar refractivity (Wildman–Crippen MR) is 111 cm³/mol. The van der Waals surface area contributed by atoms with Gasteiger partial charge in [0, 0.05) is 38.1 Å². The number of carboxylic acid groups (broad SMARTS) is 2. The number of amides is 1. The molecule has 2 fully saturated rings. The Balaban J connectivity index is 0.000000479. The van der Waals surface area contributed by atoms with Gasteiger partial charge >= 0.3 is 18.1 Å². The number of hydrogen-bond acceptors (Lipinski definition) is 6. The number of halogens is 3. The number of ether oxygens (including phenoxy) is 1. The lowest BCUT2D eigenvalue weighted by Gasteiger charge is -2.37. The predicted octanol–water partition coefficient (Wildman–Crippen LogP) is 2.51. The monoisotopic (exact) mass is 475 g/mol. The molecule has 4 unspecified atom stereocenters. The second-order valence-corrected chi connectivity index (χ2v) is 8.45. The number of alkyl halides is 3. The van der Waals surface area contributed by atoms with Gasteiger partial charge in [0.2, 0.25) is 0 Å². The van der Waals surface area contributed by atoms with E-state index in [1.165, 1.54) is 0 Å². The number of aromatic nitrogens is 1. The molecule has 0 aliphatic carbocycles. The molecule has 0 radical (unpaired) electrons. The van der Waals surface area contributed by atoms with Crippen molar-refractivity contribution in [2.45, 2.75) is 45.6 Å². The summed E-state index contributed by atoms with van der Waals surface area (Å²) in [6.07, 6.45) is -2.57. The standard InChI is InChI=1S/C19H27N3O4.C2HF3O2/c1-12-6-15(19(24)25)11-22(8-12)18(23)17-7-16(4-5-20-17)21-9-13(2)26-14(3)10-21;3-2(4,5)1(6)7/h4-5,7,12-15H,6,8-11H2,1-3H3,(H,24,25);(H,6,7). The first-order valence-electron chi connectivity index (χ1n) is 10.5. The van der Waals surface area contributed by atoms with Gasteiger partial charge in [0.05, 0.1) is 18.1 Å². The zero-order chi connectivity index (χ0) is 24.9. The van der Waals surface area contributed by atoms with Gasteiger partial charge in [0.25, 0.3) is 5.91 Å². The first-order valence-corrected chi connectivity index (χ1v) is 10.5. The van der Waals surface area contributed by atoms with Crippen molar-refractivity contribution < 1.29 is 42.5 Å². The first kappa shape index (κ1) is 26.4. The number of pyridine rings is 1. The molecule has 2 N–H and O–H groups in total. The van der Waals surface area contributed by atoms with Gasteiger partial charge in [-0.3, -0.25) is 14.6 Å². The SMILES string of the molecule is CC1CC(C(=O)O)CN(C(=O)c2cc(N3CC(C)OC(C)C3)ccn2)C1.O=C(O)C(F)(F)F. The molecule has 1 amide bonds. The number of rotatable bonds is 3. The van der Waals surface area contributed by atoms with E-state index in [4.69, 9.17) is 14.6 Å². The van der Waals surface area contributed by atoms with Crippen LogP contribution in [0.1, 0.15) is 37.7 Å². The van der Waals surface area contributed by atoms with Crippen LogP contribution < -0.4 is 4.90 Å². The van der Waals surface area contributed by atoms with Gasteiger partial charge in [0.15, 0.2) is 0 Å². The highest BCUT2D eigenvalue weighted by atomic mass is 19.4. The minimum Gasteiger partial charge on any atom is -0.481 e. The number of carboxylic acids is 2. The maximum atomic E-state index is 12.9. The molecule has 2 saturated heterocycles. The van der Waals surface area contributed by atoms with Crippen molar-refractivity contribution >= 4 is 23.5 Å². The van der Waals surface area contributed by atoms with Crippen molar-refractivity contribution in [3.8, 4) is 0 Å². The Bertz CT molecular complexity index is 856. The van der Waals surface area contributed by atoms with Crippen LogP contribution in [-0.4, -0.2) is 82.5 Å². The summed E-state index contributed by atoms with van der Waals surface area (Å²) in [5, 5.41) is 16.4. The highest BCUT2D eigenvalue weighted by molar-refractivity contribution is 5.93. The topological polar surface area (TPSA) is 120 Å². The van der Waals surface area contributed by atoms with Gasteiger partial charge in [-0.25, -0.2) is 4.79 Å². The lowest BCUT2D eigenvalue weighted by atomic mass is 9.90. The van der Waals surface area contributed by atoms with E-state index in [-0.39, 0.29) is 30.6 Å². The van der Waals surface area contributed by atoms with Crippen LogP contribution >= 0.6 is 0 Å². The van der Waals surface area contributed by atoms with Crippen LogP contribution in [0.4, 0.5) is 18.9 Å². The van der Waals surface area contributed by atoms with Gasteiger partial charge in [-0.05, 0) is 38.3 Å². The molecule has 1 aromatic rings. The summed E-state index contributed by atoms with van der Waals surface area (Å²) < 4.78 is 37.5. The van der Waals surface area contributed by atoms with Gasteiger partial charge in [-0.2, -0.15) is 13.2 Å². The molecule has 0 spiro atoms. The highest BCUT2D eigenvalue weighted by Crippen LogP contribution is 2.25. The van der Waals surface area contributed by atoms with Crippen molar-refractivity contribution in [3.63, 3.8) is 0 Å². The molecule has 2 aliphatic heterocycles. The fourth-order valence-electron chi connectivity index (χ4n) is 3.98. The van der Waals surface area contributed by atoms with E-state index in [9.17, 15) is 27.9 Å². The van der Waals surface area contributed by atoms with Crippen molar-refractivity contribution in [2.24, 2.45) is 11.8 Å². The van der Waals surface area contributed by atoms with Gasteiger partial charge in [-0.15, -0.1) is 0 Å². The van der Waals surface area contributed by atoms with Crippen molar-refractivity contribution in [3.05, 3.63) is 24.0 Å². The summed E-state index contributed by atoms with van der Waals surface area (Å²) in [4.78, 5) is 41.2. The summed E-state index contributed by atoms with van der Waals surface area (Å²) in [7, 11) is 0. The van der Waals surface area contributed by atoms with Crippen LogP contribution in [0.25, 0.3) is 0 Å².